The van der Waals surface area contributed by atoms with E-state index in [-0.39, 0.29) is 33.9 Å². The van der Waals surface area contributed by atoms with Gasteiger partial charge in [0.1, 0.15) is 11.5 Å². The summed E-state index contributed by atoms with van der Waals surface area (Å²) in [7, 11) is 2.91. The molecule has 1 heterocycles. The Labute approximate surface area is 190 Å². The maximum absolute atomic E-state index is 13.1. The number of rotatable bonds is 5. The predicted molar refractivity (Wildman–Crippen MR) is 119 cm³/mol. The number of carbonyl (C=O) groups excluding carboxylic acids is 2. The Morgan fingerprint density at radius 1 is 1.03 bits per heavy atom. The molecule has 1 unspecified atom stereocenters. The molecule has 1 saturated heterocycles. The predicted octanol–water partition coefficient (Wildman–Crippen LogP) is 4.43. The maximum Gasteiger partial charge on any atom is 0.295 e. The van der Waals surface area contributed by atoms with Crippen LogP contribution in [0.1, 0.15) is 42.9 Å². The maximum atomic E-state index is 13.1. The normalized spacial score (nSPS) is 20.7. The standard InChI is InChI=1S/C24H24ClNO6/c1-31-18-9-8-14(11-16(18)25)22(28)20-21(13-7-10-19(32-2)17(27)12-13)26(24(30)23(20)29)15-5-3-4-6-15/h7-12,15,21,27-28H,3-6H2,1-2H3/b22-20-. The molecule has 7 nitrogen and oxygen atoms in total. The van der Waals surface area contributed by atoms with Crippen molar-refractivity contribution in [2.45, 2.75) is 37.8 Å². The van der Waals surface area contributed by atoms with Crippen molar-refractivity contribution in [1.82, 2.24) is 4.90 Å². The highest BCUT2D eigenvalue weighted by Gasteiger charge is 2.49. The smallest absolute Gasteiger partial charge is 0.295 e. The highest BCUT2D eigenvalue weighted by molar-refractivity contribution is 6.46. The van der Waals surface area contributed by atoms with Crippen molar-refractivity contribution in [3.8, 4) is 17.2 Å². The molecule has 32 heavy (non-hydrogen) atoms. The van der Waals surface area contributed by atoms with Crippen LogP contribution in [0, 0.1) is 0 Å². The molecule has 1 saturated carbocycles. The number of aliphatic hydroxyl groups is 1. The van der Waals surface area contributed by atoms with Gasteiger partial charge in [-0.05, 0) is 48.7 Å². The lowest BCUT2D eigenvalue weighted by molar-refractivity contribution is -0.141. The zero-order chi connectivity index (χ0) is 23.0. The number of hydrogen-bond acceptors (Lipinski definition) is 6. The van der Waals surface area contributed by atoms with Gasteiger partial charge in [0, 0.05) is 11.6 Å². The summed E-state index contributed by atoms with van der Waals surface area (Å²) in [4.78, 5) is 27.8. The summed E-state index contributed by atoms with van der Waals surface area (Å²) in [5.41, 5.74) is 0.770. The molecule has 1 atom stereocenters. The SMILES string of the molecule is COc1ccc(C2/C(=C(/O)c3ccc(OC)c(Cl)c3)C(=O)C(=O)N2C2CCCC2)cc1O. The Morgan fingerprint density at radius 2 is 1.69 bits per heavy atom. The molecule has 0 radical (unpaired) electrons. The van der Waals surface area contributed by atoms with E-state index in [1.807, 2.05) is 0 Å². The summed E-state index contributed by atoms with van der Waals surface area (Å²) in [6, 6.07) is 8.41. The molecule has 1 amide bonds. The van der Waals surface area contributed by atoms with Gasteiger partial charge in [-0.3, -0.25) is 9.59 Å². The number of phenols is 1. The Morgan fingerprint density at radius 3 is 2.28 bits per heavy atom. The second-order valence-corrected chi connectivity index (χ2v) is 8.33. The van der Waals surface area contributed by atoms with Gasteiger partial charge < -0.3 is 24.6 Å². The van der Waals surface area contributed by atoms with Crippen LogP contribution in [0.4, 0.5) is 0 Å². The number of methoxy groups -OCH3 is 2. The van der Waals surface area contributed by atoms with Gasteiger partial charge in [0.05, 0.1) is 30.9 Å². The van der Waals surface area contributed by atoms with Crippen LogP contribution in [-0.4, -0.2) is 47.1 Å². The second kappa shape index (κ2) is 8.74. The number of Topliss-reactive ketones (excluding diaryl/α,β-unsaturated/α-hetero) is 1. The molecule has 2 fully saturated rings. The van der Waals surface area contributed by atoms with E-state index < -0.39 is 17.7 Å². The molecule has 1 aliphatic heterocycles. The van der Waals surface area contributed by atoms with E-state index in [0.717, 1.165) is 25.7 Å². The summed E-state index contributed by atoms with van der Waals surface area (Å²) >= 11 is 6.22. The topological polar surface area (TPSA) is 96.3 Å². The average molecular weight is 458 g/mol. The number of ketones is 1. The van der Waals surface area contributed by atoms with Crippen molar-refractivity contribution in [1.29, 1.82) is 0 Å². The molecule has 0 spiro atoms. The zero-order valence-electron chi connectivity index (χ0n) is 17.8. The fourth-order valence-corrected chi connectivity index (χ4v) is 4.84. The molecule has 1 aliphatic carbocycles. The molecule has 168 valence electrons. The fraction of sp³-hybridized carbons (Fsp3) is 0.333. The number of aliphatic hydroxyl groups excluding tert-OH is 1. The van der Waals surface area contributed by atoms with Crippen molar-refractivity contribution in [3.63, 3.8) is 0 Å². The molecule has 4 rings (SSSR count). The van der Waals surface area contributed by atoms with E-state index in [1.54, 1.807) is 29.2 Å². The van der Waals surface area contributed by atoms with E-state index >= 15 is 0 Å². The van der Waals surface area contributed by atoms with E-state index in [2.05, 4.69) is 0 Å². The molecular weight excluding hydrogens is 434 g/mol. The Kier molecular flexibility index (Phi) is 6.02. The highest BCUT2D eigenvalue weighted by atomic mass is 35.5. The van der Waals surface area contributed by atoms with Crippen LogP contribution in [0.25, 0.3) is 5.76 Å². The molecule has 0 bridgehead atoms. The third-order valence-corrected chi connectivity index (χ3v) is 6.44. The van der Waals surface area contributed by atoms with E-state index in [4.69, 9.17) is 21.1 Å². The number of phenolic OH excluding ortho intramolecular Hbond substituents is 1. The molecule has 2 N–H and O–H groups in total. The third kappa shape index (κ3) is 3.66. The van der Waals surface area contributed by atoms with Crippen LogP contribution in [0.2, 0.25) is 5.02 Å². The van der Waals surface area contributed by atoms with Gasteiger partial charge >= 0.3 is 0 Å². The van der Waals surface area contributed by atoms with Gasteiger partial charge in [-0.25, -0.2) is 0 Å². The minimum Gasteiger partial charge on any atom is -0.507 e. The van der Waals surface area contributed by atoms with Gasteiger partial charge in [-0.1, -0.05) is 30.5 Å². The average Bonchev–Trinajstić information content (AvgIpc) is 3.40. The molecule has 2 aromatic carbocycles. The van der Waals surface area contributed by atoms with Crippen LogP contribution in [-0.2, 0) is 9.59 Å². The van der Waals surface area contributed by atoms with E-state index in [0.29, 0.717) is 16.9 Å². The molecule has 2 aliphatic rings. The summed E-state index contributed by atoms with van der Waals surface area (Å²) in [6.45, 7) is 0. The van der Waals surface area contributed by atoms with Crippen LogP contribution in [0.15, 0.2) is 42.0 Å². The van der Waals surface area contributed by atoms with Gasteiger partial charge in [-0.2, -0.15) is 0 Å². The molecule has 0 aromatic heterocycles. The number of ether oxygens (including phenoxy) is 2. The Hall–Kier alpha value is -3.19. The number of carbonyl (C=O) groups is 2. The molecular formula is C24H24ClNO6. The Balaban J connectivity index is 1.89. The number of aromatic hydroxyl groups is 1. The number of benzene rings is 2. The fourth-order valence-electron chi connectivity index (χ4n) is 4.58. The minimum absolute atomic E-state index is 0.0345. The number of hydrogen-bond donors (Lipinski definition) is 2. The first kappa shape index (κ1) is 22.0. The monoisotopic (exact) mass is 457 g/mol. The number of amides is 1. The van der Waals surface area contributed by atoms with Crippen LogP contribution in [0.5, 0.6) is 17.2 Å². The second-order valence-electron chi connectivity index (χ2n) is 7.93. The first-order chi connectivity index (χ1) is 15.4. The largest absolute Gasteiger partial charge is 0.507 e. The lowest BCUT2D eigenvalue weighted by atomic mass is 9.94. The van der Waals surface area contributed by atoms with E-state index in [1.165, 1.54) is 26.4 Å². The lowest BCUT2D eigenvalue weighted by Gasteiger charge is -2.31. The zero-order valence-corrected chi connectivity index (χ0v) is 18.6. The van der Waals surface area contributed by atoms with Crippen molar-refractivity contribution in [2.24, 2.45) is 0 Å². The summed E-state index contributed by atoms with van der Waals surface area (Å²) in [5.74, 6) is -1.16. The molecule has 8 heteroatoms. The Bertz CT molecular complexity index is 1110. The lowest BCUT2D eigenvalue weighted by Crippen LogP contribution is -2.37. The van der Waals surface area contributed by atoms with Crippen molar-refractivity contribution < 1.29 is 29.3 Å². The van der Waals surface area contributed by atoms with Crippen LogP contribution in [0.3, 0.4) is 0 Å². The van der Waals surface area contributed by atoms with Crippen molar-refractivity contribution in [2.75, 3.05) is 14.2 Å². The van der Waals surface area contributed by atoms with Crippen molar-refractivity contribution >= 4 is 29.1 Å². The quantitative estimate of drug-likeness (QED) is 0.392. The summed E-state index contributed by atoms with van der Waals surface area (Å²) in [5, 5.41) is 21.8. The first-order valence-corrected chi connectivity index (χ1v) is 10.8. The highest BCUT2D eigenvalue weighted by Crippen LogP contribution is 2.45. The van der Waals surface area contributed by atoms with Gasteiger partial charge in [0.15, 0.2) is 11.5 Å². The number of halogens is 1. The van der Waals surface area contributed by atoms with E-state index in [9.17, 15) is 19.8 Å². The first-order valence-electron chi connectivity index (χ1n) is 10.4. The van der Waals surface area contributed by atoms with Crippen LogP contribution < -0.4 is 9.47 Å². The van der Waals surface area contributed by atoms with Gasteiger partial charge in [-0.15, -0.1) is 0 Å². The van der Waals surface area contributed by atoms with Gasteiger partial charge in [0.25, 0.3) is 11.7 Å². The van der Waals surface area contributed by atoms with Gasteiger partial charge in [0.2, 0.25) is 0 Å². The third-order valence-electron chi connectivity index (χ3n) is 6.14. The number of nitrogens with zero attached hydrogens (tertiary/aromatic N) is 1. The minimum atomic E-state index is -0.837. The molecule has 2 aromatic rings. The van der Waals surface area contributed by atoms with Crippen LogP contribution >= 0.6 is 11.6 Å². The number of likely N-dealkylation sites (tertiary alicyclic amines) is 1. The van der Waals surface area contributed by atoms with Crippen molar-refractivity contribution in [3.05, 3.63) is 58.1 Å². The summed E-state index contributed by atoms with van der Waals surface area (Å²) in [6.07, 6.45) is 3.48. The summed E-state index contributed by atoms with van der Waals surface area (Å²) < 4.78 is 10.3.